The van der Waals surface area contributed by atoms with E-state index in [1.165, 1.54) is 0 Å². The third-order valence-electron chi connectivity index (χ3n) is 4.28. The molecule has 1 heterocycles. The molecular formula is C22H28N4. The topological polar surface area (TPSA) is 48.1 Å². The van der Waals surface area contributed by atoms with Crippen LogP contribution in [0.3, 0.4) is 0 Å². The van der Waals surface area contributed by atoms with Crippen molar-refractivity contribution < 1.29 is 0 Å². The monoisotopic (exact) mass is 348 g/mol. The van der Waals surface area contributed by atoms with Gasteiger partial charge in [0.15, 0.2) is 0 Å². The van der Waals surface area contributed by atoms with Gasteiger partial charge in [0.25, 0.3) is 0 Å². The van der Waals surface area contributed by atoms with E-state index >= 15 is 0 Å². The normalized spacial score (nSPS) is 24.5. The van der Waals surface area contributed by atoms with Crippen LogP contribution in [-0.2, 0) is 0 Å². The van der Waals surface area contributed by atoms with Gasteiger partial charge in [-0.1, -0.05) is 24.3 Å². The van der Waals surface area contributed by atoms with E-state index < -0.39 is 0 Å². The zero-order chi connectivity index (χ0) is 18.5. The third-order valence-corrected chi connectivity index (χ3v) is 4.28. The van der Waals surface area contributed by atoms with Crippen molar-refractivity contribution in [2.75, 3.05) is 21.3 Å². The highest BCUT2D eigenvalue weighted by molar-refractivity contribution is 5.73. The van der Waals surface area contributed by atoms with Gasteiger partial charge in [-0.25, -0.2) is 0 Å². The maximum atomic E-state index is 3.58. The lowest BCUT2D eigenvalue weighted by atomic mass is 10.1. The Hall–Kier alpha value is -2.88. The van der Waals surface area contributed by atoms with Crippen molar-refractivity contribution in [2.45, 2.75) is 39.8 Å². The fourth-order valence-electron chi connectivity index (χ4n) is 3.27. The Bertz CT molecular complexity index is 753. The molecule has 26 heavy (non-hydrogen) atoms. The van der Waals surface area contributed by atoms with Crippen LogP contribution < -0.4 is 21.3 Å². The number of rotatable bonds is 0. The molecule has 4 nitrogen and oxygen atoms in total. The molecule has 136 valence electrons. The molecule has 0 saturated heterocycles. The molecule has 1 aliphatic rings. The summed E-state index contributed by atoms with van der Waals surface area (Å²) < 4.78 is 0. The molecule has 2 atom stereocenters. The summed E-state index contributed by atoms with van der Waals surface area (Å²) in [5.74, 6) is 0. The Morgan fingerprint density at radius 2 is 0.923 bits per heavy atom. The van der Waals surface area contributed by atoms with Crippen molar-refractivity contribution >= 4 is 22.7 Å². The predicted octanol–water partition coefficient (Wildman–Crippen LogP) is 5.63. The van der Waals surface area contributed by atoms with E-state index in [0.29, 0.717) is 0 Å². The second-order valence-electron chi connectivity index (χ2n) is 6.91. The Balaban J connectivity index is 1.99. The van der Waals surface area contributed by atoms with E-state index in [2.05, 4.69) is 110 Å². The van der Waals surface area contributed by atoms with Gasteiger partial charge >= 0.3 is 0 Å². The lowest BCUT2D eigenvalue weighted by Crippen LogP contribution is -2.18. The number of hydrogen-bond acceptors (Lipinski definition) is 4. The average Bonchev–Trinajstić information content (AvgIpc) is 2.57. The Kier molecular flexibility index (Phi) is 5.52. The summed E-state index contributed by atoms with van der Waals surface area (Å²) in [5, 5.41) is 14.2. The van der Waals surface area contributed by atoms with Crippen LogP contribution in [0.1, 0.15) is 27.7 Å². The van der Waals surface area contributed by atoms with Gasteiger partial charge in [-0.2, -0.15) is 0 Å². The Labute approximate surface area is 156 Å². The van der Waals surface area contributed by atoms with E-state index in [0.717, 1.165) is 34.1 Å². The van der Waals surface area contributed by atoms with Crippen molar-refractivity contribution in [3.63, 3.8) is 0 Å². The first-order valence-electron chi connectivity index (χ1n) is 9.13. The number of allylic oxidation sites excluding steroid dienone is 2. The van der Waals surface area contributed by atoms with E-state index in [4.69, 9.17) is 0 Å². The van der Waals surface area contributed by atoms with Crippen LogP contribution in [0.15, 0.2) is 72.1 Å². The zero-order valence-corrected chi connectivity index (χ0v) is 15.9. The summed E-state index contributed by atoms with van der Waals surface area (Å²) in [6.07, 6.45) is 4.40. The second-order valence-corrected chi connectivity index (χ2v) is 6.91. The molecule has 0 aromatic heterocycles. The van der Waals surface area contributed by atoms with Crippen LogP contribution in [0.4, 0.5) is 22.7 Å². The highest BCUT2D eigenvalue weighted by Crippen LogP contribution is 2.26. The highest BCUT2D eigenvalue weighted by Gasteiger charge is 2.09. The van der Waals surface area contributed by atoms with E-state index in [-0.39, 0.29) is 12.1 Å². The van der Waals surface area contributed by atoms with Crippen LogP contribution in [0.25, 0.3) is 0 Å². The molecule has 0 fully saturated rings. The van der Waals surface area contributed by atoms with Crippen molar-refractivity contribution in [1.82, 2.24) is 0 Å². The number of nitrogens with one attached hydrogen (secondary N) is 4. The molecule has 0 saturated carbocycles. The fourth-order valence-corrected chi connectivity index (χ4v) is 3.27. The molecule has 2 aromatic carbocycles. The molecule has 3 rings (SSSR count). The molecule has 2 unspecified atom stereocenters. The van der Waals surface area contributed by atoms with Gasteiger partial charge in [0.1, 0.15) is 0 Å². The van der Waals surface area contributed by atoms with Gasteiger partial charge in [-0.15, -0.1) is 0 Å². The van der Waals surface area contributed by atoms with E-state index in [1.54, 1.807) is 0 Å². The maximum absolute atomic E-state index is 3.58. The predicted molar refractivity (Wildman–Crippen MR) is 114 cm³/mol. The first-order chi connectivity index (χ1) is 12.5. The quantitative estimate of drug-likeness (QED) is 0.498. The number of hydrogen-bond donors (Lipinski definition) is 4. The molecule has 4 N–H and O–H groups in total. The molecule has 0 radical (unpaired) electrons. The maximum Gasteiger partial charge on any atom is 0.0617 e. The minimum atomic E-state index is 0.191. The van der Waals surface area contributed by atoms with Crippen molar-refractivity contribution in [3.8, 4) is 0 Å². The van der Waals surface area contributed by atoms with Crippen molar-refractivity contribution in [1.29, 1.82) is 0 Å². The summed E-state index contributed by atoms with van der Waals surface area (Å²) in [7, 11) is 0. The first-order valence-corrected chi connectivity index (χ1v) is 9.13. The Morgan fingerprint density at radius 1 is 0.577 bits per heavy atom. The smallest absolute Gasteiger partial charge is 0.0617 e. The van der Waals surface area contributed by atoms with Gasteiger partial charge < -0.3 is 21.3 Å². The van der Waals surface area contributed by atoms with Crippen molar-refractivity contribution in [2.24, 2.45) is 0 Å². The van der Waals surface area contributed by atoms with Crippen LogP contribution in [0, 0.1) is 0 Å². The molecule has 0 spiro atoms. The summed E-state index contributed by atoms with van der Waals surface area (Å²) in [5.41, 5.74) is 6.57. The molecule has 0 aliphatic carbocycles. The molecule has 1 aliphatic heterocycles. The highest BCUT2D eigenvalue weighted by atomic mass is 15.0. The van der Waals surface area contributed by atoms with Crippen LogP contribution in [-0.4, -0.2) is 12.1 Å². The number of anilines is 4. The summed E-state index contributed by atoms with van der Waals surface area (Å²) in [4.78, 5) is 0. The molecule has 4 heteroatoms. The molecular weight excluding hydrogens is 320 g/mol. The van der Waals surface area contributed by atoms with Gasteiger partial charge in [0.2, 0.25) is 0 Å². The molecule has 0 amide bonds. The van der Waals surface area contributed by atoms with Gasteiger partial charge in [0, 0.05) is 23.5 Å². The lowest BCUT2D eigenvalue weighted by Gasteiger charge is -2.21. The average molecular weight is 348 g/mol. The van der Waals surface area contributed by atoms with Gasteiger partial charge in [0.05, 0.1) is 22.7 Å². The van der Waals surface area contributed by atoms with E-state index in [1.807, 2.05) is 0 Å². The van der Waals surface area contributed by atoms with Crippen LogP contribution in [0.2, 0.25) is 0 Å². The van der Waals surface area contributed by atoms with Crippen molar-refractivity contribution in [3.05, 3.63) is 72.1 Å². The first kappa shape index (κ1) is 17.9. The minimum absolute atomic E-state index is 0.191. The summed E-state index contributed by atoms with van der Waals surface area (Å²) >= 11 is 0. The second kappa shape index (κ2) is 8.00. The number of benzene rings is 2. The fraction of sp³-hybridized carbons (Fsp3) is 0.273. The molecule has 0 bridgehead atoms. The van der Waals surface area contributed by atoms with Gasteiger partial charge in [-0.05, 0) is 64.1 Å². The Morgan fingerprint density at radius 3 is 1.31 bits per heavy atom. The zero-order valence-electron chi connectivity index (χ0n) is 15.9. The molecule has 2 aromatic rings. The SMILES string of the molecule is C/C1=C/C(C)Nc2ccccc2N/C(C)=C\C(C)Nc2ccccc2N1. The summed E-state index contributed by atoms with van der Waals surface area (Å²) in [6, 6.07) is 17.0. The number of para-hydroxylation sites is 4. The van der Waals surface area contributed by atoms with Crippen LogP contribution >= 0.6 is 0 Å². The number of fused-ring (bicyclic) bond motifs is 2. The third kappa shape index (κ3) is 4.60. The standard InChI is InChI=1S/C22H28N4/c1-15-13-16(2)24-21-11-7-8-12-22(21)26-18(4)14-17(3)25-20-10-6-5-9-19(20)23-15/h5-15,18,23-26H,1-4H3/b16-13-,17-14-. The lowest BCUT2D eigenvalue weighted by molar-refractivity contribution is 0.972. The summed E-state index contributed by atoms with van der Waals surface area (Å²) in [6.45, 7) is 8.50. The van der Waals surface area contributed by atoms with Gasteiger partial charge in [-0.3, -0.25) is 0 Å². The largest absolute Gasteiger partial charge is 0.377 e. The van der Waals surface area contributed by atoms with Crippen LogP contribution in [0.5, 0.6) is 0 Å². The minimum Gasteiger partial charge on any atom is -0.377 e. The van der Waals surface area contributed by atoms with E-state index in [9.17, 15) is 0 Å².